The minimum absolute atomic E-state index is 0.357. The number of hydrogen-bond donors (Lipinski definition) is 0. The Balaban J connectivity index is 2.19. The molecule has 0 aliphatic rings. The van der Waals surface area contributed by atoms with Gasteiger partial charge < -0.3 is 9.13 Å². The van der Waals surface area contributed by atoms with Crippen LogP contribution >= 0.6 is 11.6 Å². The van der Waals surface area contributed by atoms with Gasteiger partial charge in [-0.2, -0.15) is 5.10 Å². The van der Waals surface area contributed by atoms with Gasteiger partial charge in [0.15, 0.2) is 11.5 Å². The molecule has 0 amide bonds. The zero-order valence-electron chi connectivity index (χ0n) is 11.7. The lowest BCUT2D eigenvalue weighted by atomic mass is 10.4. The maximum atomic E-state index is 6.03. The Morgan fingerprint density at radius 1 is 1.30 bits per heavy atom. The number of rotatable bonds is 4. The molecule has 0 fully saturated rings. The summed E-state index contributed by atoms with van der Waals surface area (Å²) in [5, 5.41) is 12.5. The van der Waals surface area contributed by atoms with Crippen molar-refractivity contribution < 1.29 is 0 Å². The van der Waals surface area contributed by atoms with Gasteiger partial charge in [-0.25, -0.2) is 9.67 Å². The highest BCUT2D eigenvalue weighted by Gasteiger charge is 2.18. The van der Waals surface area contributed by atoms with Crippen LogP contribution in [0.5, 0.6) is 0 Å². The van der Waals surface area contributed by atoms with Crippen LogP contribution in [0.1, 0.15) is 24.3 Å². The topological polar surface area (TPSA) is 66.3 Å². The van der Waals surface area contributed by atoms with Crippen molar-refractivity contribution in [2.45, 2.75) is 32.8 Å². The number of fused-ring (bicyclic) bond motifs is 1. The van der Waals surface area contributed by atoms with Crippen LogP contribution in [0.25, 0.3) is 11.2 Å². The molecule has 0 aliphatic heterocycles. The third-order valence-corrected chi connectivity index (χ3v) is 3.64. The molecule has 106 valence electrons. The van der Waals surface area contributed by atoms with Gasteiger partial charge in [0, 0.05) is 13.6 Å². The van der Waals surface area contributed by atoms with Gasteiger partial charge in [0.05, 0.1) is 18.1 Å². The Morgan fingerprint density at radius 2 is 2.10 bits per heavy atom. The summed E-state index contributed by atoms with van der Waals surface area (Å²) in [5.41, 5.74) is 2.82. The maximum Gasteiger partial charge on any atom is 0.159 e. The number of hydrogen-bond acceptors (Lipinski definition) is 4. The summed E-state index contributed by atoms with van der Waals surface area (Å²) in [4.78, 5) is 4.60. The Labute approximate surface area is 121 Å². The normalized spacial score (nSPS) is 11.6. The lowest BCUT2D eigenvalue weighted by Crippen LogP contribution is -2.11. The predicted octanol–water partition coefficient (Wildman–Crippen LogP) is 1.48. The highest BCUT2D eigenvalue weighted by Crippen LogP contribution is 2.21. The van der Waals surface area contributed by atoms with Gasteiger partial charge in [-0.1, -0.05) is 0 Å². The van der Waals surface area contributed by atoms with Gasteiger partial charge in [-0.3, -0.25) is 0 Å². The SMILES string of the molecule is CCn1nc(C)c2nc(CCl)n(Cc3nncn3C)c21. The molecule has 3 heterocycles. The molecule has 0 saturated heterocycles. The molecule has 3 aromatic heterocycles. The van der Waals surface area contributed by atoms with E-state index >= 15 is 0 Å². The lowest BCUT2D eigenvalue weighted by molar-refractivity contribution is 0.623. The Bertz CT molecular complexity index is 751. The van der Waals surface area contributed by atoms with Crippen LogP contribution in [0.3, 0.4) is 0 Å². The van der Waals surface area contributed by atoms with Gasteiger partial charge in [-0.15, -0.1) is 21.8 Å². The van der Waals surface area contributed by atoms with Gasteiger partial charge in [-0.05, 0) is 13.8 Å². The first-order chi connectivity index (χ1) is 9.65. The minimum atomic E-state index is 0.357. The van der Waals surface area contributed by atoms with Crippen LogP contribution in [-0.2, 0) is 26.0 Å². The van der Waals surface area contributed by atoms with Crippen LogP contribution in [0.15, 0.2) is 6.33 Å². The van der Waals surface area contributed by atoms with Crippen molar-refractivity contribution in [3.05, 3.63) is 23.7 Å². The molecule has 20 heavy (non-hydrogen) atoms. The van der Waals surface area contributed by atoms with Crippen LogP contribution in [-0.4, -0.2) is 34.1 Å². The molecule has 0 bridgehead atoms. The van der Waals surface area contributed by atoms with Crippen molar-refractivity contribution in [2.75, 3.05) is 0 Å². The van der Waals surface area contributed by atoms with Crippen molar-refractivity contribution in [2.24, 2.45) is 7.05 Å². The van der Waals surface area contributed by atoms with Gasteiger partial charge >= 0.3 is 0 Å². The van der Waals surface area contributed by atoms with Crippen LogP contribution in [0.2, 0.25) is 0 Å². The quantitative estimate of drug-likeness (QED) is 0.683. The number of imidazole rings is 1. The third kappa shape index (κ3) is 1.89. The smallest absolute Gasteiger partial charge is 0.159 e. The second kappa shape index (κ2) is 4.90. The molecule has 0 N–H and O–H groups in total. The molecule has 0 aromatic carbocycles. The molecule has 0 saturated carbocycles. The number of nitrogens with zero attached hydrogens (tertiary/aromatic N) is 7. The molecule has 0 unspecified atom stereocenters. The first-order valence-corrected chi connectivity index (χ1v) is 7.00. The fourth-order valence-electron chi connectivity index (χ4n) is 2.35. The highest BCUT2D eigenvalue weighted by molar-refractivity contribution is 6.16. The lowest BCUT2D eigenvalue weighted by Gasteiger charge is -2.08. The molecular formula is C12H16ClN7. The first-order valence-electron chi connectivity index (χ1n) is 6.47. The van der Waals surface area contributed by atoms with Crippen LogP contribution in [0.4, 0.5) is 0 Å². The van der Waals surface area contributed by atoms with Crippen LogP contribution in [0, 0.1) is 6.92 Å². The summed E-state index contributed by atoms with van der Waals surface area (Å²) in [6.45, 7) is 5.40. The maximum absolute atomic E-state index is 6.03. The summed E-state index contributed by atoms with van der Waals surface area (Å²) >= 11 is 6.03. The van der Waals surface area contributed by atoms with Crippen molar-refractivity contribution in [3.63, 3.8) is 0 Å². The Kier molecular flexibility index (Phi) is 3.21. The van der Waals surface area contributed by atoms with E-state index in [0.29, 0.717) is 12.4 Å². The fourth-order valence-corrected chi connectivity index (χ4v) is 2.55. The van der Waals surface area contributed by atoms with E-state index in [1.165, 1.54) is 0 Å². The molecule has 3 rings (SSSR count). The molecule has 0 atom stereocenters. The Hall–Kier alpha value is -1.89. The van der Waals surface area contributed by atoms with Crippen molar-refractivity contribution >= 4 is 22.8 Å². The summed E-state index contributed by atoms with van der Waals surface area (Å²) in [6.07, 6.45) is 1.69. The van der Waals surface area contributed by atoms with E-state index in [-0.39, 0.29) is 0 Å². The van der Waals surface area contributed by atoms with E-state index in [2.05, 4.69) is 31.8 Å². The monoisotopic (exact) mass is 293 g/mol. The zero-order valence-corrected chi connectivity index (χ0v) is 12.5. The summed E-state index contributed by atoms with van der Waals surface area (Å²) < 4.78 is 5.91. The number of aryl methyl sites for hydroxylation is 3. The van der Waals surface area contributed by atoms with E-state index in [1.54, 1.807) is 6.33 Å². The van der Waals surface area contributed by atoms with Crippen LogP contribution < -0.4 is 0 Å². The minimum Gasteiger partial charge on any atom is -0.319 e. The molecule has 3 aromatic rings. The largest absolute Gasteiger partial charge is 0.319 e. The number of halogens is 1. The second-order valence-electron chi connectivity index (χ2n) is 4.68. The van der Waals surface area contributed by atoms with Crippen molar-refractivity contribution in [1.82, 2.24) is 34.1 Å². The Morgan fingerprint density at radius 3 is 2.70 bits per heavy atom. The van der Waals surface area contributed by atoms with E-state index in [0.717, 1.165) is 35.1 Å². The average Bonchev–Trinajstić information content (AvgIpc) is 3.08. The predicted molar refractivity (Wildman–Crippen MR) is 75.6 cm³/mol. The number of aromatic nitrogens is 7. The van der Waals surface area contributed by atoms with E-state index < -0.39 is 0 Å². The summed E-state index contributed by atoms with van der Waals surface area (Å²) in [7, 11) is 1.92. The standard InChI is InChI=1S/C12H16ClN7/c1-4-20-12-11(8(2)17-20)15-9(5-13)19(12)6-10-16-14-7-18(10)3/h7H,4-6H2,1-3H3. The zero-order chi connectivity index (χ0) is 14.3. The fraction of sp³-hybridized carbons (Fsp3) is 0.500. The average molecular weight is 294 g/mol. The molecule has 0 spiro atoms. The second-order valence-corrected chi connectivity index (χ2v) is 4.95. The highest BCUT2D eigenvalue weighted by atomic mass is 35.5. The van der Waals surface area contributed by atoms with E-state index in [9.17, 15) is 0 Å². The molecular weight excluding hydrogens is 278 g/mol. The van der Waals surface area contributed by atoms with Gasteiger partial charge in [0.2, 0.25) is 0 Å². The van der Waals surface area contributed by atoms with Crippen molar-refractivity contribution in [1.29, 1.82) is 0 Å². The van der Waals surface area contributed by atoms with Crippen molar-refractivity contribution in [3.8, 4) is 0 Å². The van der Waals surface area contributed by atoms with Gasteiger partial charge in [0.25, 0.3) is 0 Å². The first kappa shape index (κ1) is 13.1. The molecule has 0 radical (unpaired) electrons. The molecule has 0 aliphatic carbocycles. The molecule has 7 nitrogen and oxygen atoms in total. The summed E-state index contributed by atoms with van der Waals surface area (Å²) in [6, 6.07) is 0. The van der Waals surface area contributed by atoms with E-state index in [1.807, 2.05) is 23.2 Å². The van der Waals surface area contributed by atoms with E-state index in [4.69, 9.17) is 11.6 Å². The molecule has 8 heteroatoms. The number of alkyl halides is 1. The van der Waals surface area contributed by atoms with Gasteiger partial charge in [0.1, 0.15) is 17.7 Å². The summed E-state index contributed by atoms with van der Waals surface area (Å²) in [5.74, 6) is 2.04. The third-order valence-electron chi connectivity index (χ3n) is 3.40.